The molecule has 7 nitrogen and oxygen atoms in total. The van der Waals surface area contributed by atoms with Crippen LogP contribution in [-0.2, 0) is 11.3 Å². The molecule has 1 aliphatic heterocycles. The molecule has 182 valence electrons. The number of hydrogen-bond donors (Lipinski definition) is 1. The first-order valence-electron chi connectivity index (χ1n) is 11.6. The van der Waals surface area contributed by atoms with Crippen LogP contribution in [-0.4, -0.2) is 37.0 Å². The van der Waals surface area contributed by atoms with Crippen molar-refractivity contribution in [3.8, 4) is 17.2 Å². The highest BCUT2D eigenvalue weighted by Gasteiger charge is 2.33. The van der Waals surface area contributed by atoms with Crippen LogP contribution in [0, 0.1) is 0 Å². The Kier molecular flexibility index (Phi) is 7.25. The van der Waals surface area contributed by atoms with Crippen molar-refractivity contribution < 1.29 is 23.8 Å². The molecule has 0 bridgehead atoms. The Hall–Kier alpha value is -4.00. The number of rotatable bonds is 7. The van der Waals surface area contributed by atoms with Gasteiger partial charge in [0, 0.05) is 11.3 Å². The van der Waals surface area contributed by atoms with E-state index in [0.29, 0.717) is 35.0 Å². The smallest absolute Gasteiger partial charge is 0.264 e. The van der Waals surface area contributed by atoms with Gasteiger partial charge in [-0.1, -0.05) is 43.3 Å². The third-order valence-corrected chi connectivity index (χ3v) is 6.20. The molecule has 2 amide bonds. The Morgan fingerprint density at radius 1 is 1.06 bits per heavy atom. The first-order chi connectivity index (χ1) is 17.0. The van der Waals surface area contributed by atoms with Crippen molar-refractivity contribution in [2.75, 3.05) is 19.5 Å². The highest BCUT2D eigenvalue weighted by molar-refractivity contribution is 6.08. The summed E-state index contributed by atoms with van der Waals surface area (Å²) in [5.74, 6) is 1.04. The number of ether oxygens (including phenoxy) is 3. The summed E-state index contributed by atoms with van der Waals surface area (Å²) in [6, 6.07) is 20.5. The molecule has 1 aliphatic rings. The minimum atomic E-state index is -0.618. The van der Waals surface area contributed by atoms with Gasteiger partial charge in [0.1, 0.15) is 22.8 Å². The third-order valence-electron chi connectivity index (χ3n) is 6.20. The minimum Gasteiger partial charge on any atom is -0.496 e. The molecule has 0 saturated heterocycles. The average molecular weight is 475 g/mol. The molecule has 0 fully saturated rings. The van der Waals surface area contributed by atoms with Gasteiger partial charge in [0.2, 0.25) is 0 Å². The van der Waals surface area contributed by atoms with Gasteiger partial charge >= 0.3 is 0 Å². The summed E-state index contributed by atoms with van der Waals surface area (Å²) in [5, 5.41) is 2.93. The molecule has 0 aliphatic carbocycles. The van der Waals surface area contributed by atoms with E-state index in [1.54, 1.807) is 37.3 Å². The number of nitrogens with zero attached hydrogens (tertiary/aromatic N) is 1. The zero-order chi connectivity index (χ0) is 24.9. The van der Waals surface area contributed by atoms with Crippen molar-refractivity contribution in [3.63, 3.8) is 0 Å². The first-order valence-corrected chi connectivity index (χ1v) is 11.6. The number of fused-ring (bicyclic) bond motifs is 1. The van der Waals surface area contributed by atoms with Crippen LogP contribution in [0.4, 0.5) is 5.69 Å². The van der Waals surface area contributed by atoms with E-state index in [4.69, 9.17) is 14.2 Å². The monoisotopic (exact) mass is 474 g/mol. The molecule has 0 aromatic heterocycles. The second kappa shape index (κ2) is 10.5. The number of anilines is 1. The average Bonchev–Trinajstić information content (AvgIpc) is 3.00. The molecule has 0 unspecified atom stereocenters. The molecule has 3 aromatic carbocycles. The Bertz CT molecular complexity index is 1190. The van der Waals surface area contributed by atoms with Gasteiger partial charge < -0.3 is 24.4 Å². The van der Waals surface area contributed by atoms with Crippen LogP contribution in [0.15, 0.2) is 66.7 Å². The van der Waals surface area contributed by atoms with E-state index in [1.807, 2.05) is 41.3 Å². The van der Waals surface area contributed by atoms with Crippen molar-refractivity contribution >= 4 is 17.5 Å². The molecule has 7 heteroatoms. The molecule has 35 heavy (non-hydrogen) atoms. The predicted molar refractivity (Wildman–Crippen MR) is 134 cm³/mol. The zero-order valence-corrected chi connectivity index (χ0v) is 20.4. The van der Waals surface area contributed by atoms with Crippen molar-refractivity contribution in [2.24, 2.45) is 0 Å². The first kappa shape index (κ1) is 24.1. The SMILES string of the molecule is CC[C@H](c1ccccc1)N1Cc2cc(NC(=O)c3c(OC)cccc3OC)ccc2O[C@H](C)C1=O. The maximum absolute atomic E-state index is 13.3. The maximum atomic E-state index is 13.3. The molecule has 3 aromatic rings. The Morgan fingerprint density at radius 2 is 1.74 bits per heavy atom. The lowest BCUT2D eigenvalue weighted by Gasteiger charge is -2.31. The number of methoxy groups -OCH3 is 2. The Morgan fingerprint density at radius 3 is 2.37 bits per heavy atom. The molecule has 0 radical (unpaired) electrons. The molecule has 1 N–H and O–H groups in total. The largest absolute Gasteiger partial charge is 0.496 e. The number of benzene rings is 3. The maximum Gasteiger partial charge on any atom is 0.264 e. The minimum absolute atomic E-state index is 0.0683. The predicted octanol–water partition coefficient (Wildman–Crippen LogP) is 5.22. The van der Waals surface area contributed by atoms with Crippen molar-refractivity contribution in [3.05, 3.63) is 83.4 Å². The lowest BCUT2D eigenvalue weighted by atomic mass is 10.0. The van der Waals surface area contributed by atoms with Gasteiger partial charge in [0.05, 0.1) is 26.8 Å². The Balaban J connectivity index is 1.65. The van der Waals surface area contributed by atoms with Gasteiger partial charge in [-0.2, -0.15) is 0 Å². The summed E-state index contributed by atoms with van der Waals surface area (Å²) in [6.07, 6.45) is 0.147. The highest BCUT2D eigenvalue weighted by atomic mass is 16.5. The summed E-state index contributed by atoms with van der Waals surface area (Å²) in [7, 11) is 3.02. The topological polar surface area (TPSA) is 77.1 Å². The van der Waals surface area contributed by atoms with E-state index >= 15 is 0 Å². The Labute approximate surface area is 205 Å². The van der Waals surface area contributed by atoms with Gasteiger partial charge in [0.25, 0.3) is 11.8 Å². The van der Waals surface area contributed by atoms with Gasteiger partial charge in [0.15, 0.2) is 6.10 Å². The summed E-state index contributed by atoms with van der Waals surface area (Å²) in [5.41, 5.74) is 2.79. The van der Waals surface area contributed by atoms with Crippen LogP contribution < -0.4 is 19.5 Å². The molecular weight excluding hydrogens is 444 g/mol. The summed E-state index contributed by atoms with van der Waals surface area (Å²) < 4.78 is 16.7. The van der Waals surface area contributed by atoms with Crippen LogP contribution in [0.3, 0.4) is 0 Å². The summed E-state index contributed by atoms with van der Waals surface area (Å²) in [6.45, 7) is 4.21. The normalized spacial score (nSPS) is 15.9. The second-order valence-corrected chi connectivity index (χ2v) is 8.38. The number of carbonyl (C=O) groups excluding carboxylic acids is 2. The quantitative estimate of drug-likeness (QED) is 0.508. The van der Waals surface area contributed by atoms with Crippen molar-refractivity contribution in [1.29, 1.82) is 0 Å². The summed E-state index contributed by atoms with van der Waals surface area (Å²) in [4.78, 5) is 28.3. The molecule has 0 saturated carbocycles. The lowest BCUT2D eigenvalue weighted by Crippen LogP contribution is -2.40. The van der Waals surface area contributed by atoms with E-state index in [-0.39, 0.29) is 17.9 Å². The highest BCUT2D eigenvalue weighted by Crippen LogP contribution is 2.35. The third kappa shape index (κ3) is 4.94. The second-order valence-electron chi connectivity index (χ2n) is 8.38. The van der Waals surface area contributed by atoms with E-state index in [1.165, 1.54) is 14.2 Å². The molecular formula is C28H30N2O5. The van der Waals surface area contributed by atoms with Crippen LogP contribution in [0.1, 0.15) is 47.8 Å². The van der Waals surface area contributed by atoms with E-state index in [9.17, 15) is 9.59 Å². The number of nitrogens with one attached hydrogen (secondary N) is 1. The standard InChI is InChI=1S/C28H30N2O5/c1-5-22(19-10-7-6-8-11-19)30-17-20-16-21(14-15-23(20)35-18(2)28(30)32)29-27(31)26-24(33-3)12-9-13-25(26)34-4/h6-16,18,22H,5,17H2,1-4H3,(H,29,31)/t18-,22-/m1/s1. The molecule has 0 spiro atoms. The summed E-state index contributed by atoms with van der Waals surface area (Å²) >= 11 is 0. The number of carbonyl (C=O) groups is 2. The fourth-order valence-electron chi connectivity index (χ4n) is 4.48. The molecule has 4 rings (SSSR count). The van der Waals surface area contributed by atoms with Gasteiger partial charge in [-0.3, -0.25) is 9.59 Å². The van der Waals surface area contributed by atoms with Gasteiger partial charge in [-0.15, -0.1) is 0 Å². The molecule has 2 atom stereocenters. The number of hydrogen-bond acceptors (Lipinski definition) is 5. The van der Waals surface area contributed by atoms with Crippen molar-refractivity contribution in [1.82, 2.24) is 4.90 Å². The fourth-order valence-corrected chi connectivity index (χ4v) is 4.48. The van der Waals surface area contributed by atoms with Crippen LogP contribution >= 0.6 is 0 Å². The fraction of sp³-hybridized carbons (Fsp3) is 0.286. The van der Waals surface area contributed by atoms with Crippen LogP contribution in [0.5, 0.6) is 17.2 Å². The van der Waals surface area contributed by atoms with Gasteiger partial charge in [-0.25, -0.2) is 0 Å². The van der Waals surface area contributed by atoms with E-state index < -0.39 is 6.10 Å². The lowest BCUT2D eigenvalue weighted by molar-refractivity contribution is -0.140. The molecule has 1 heterocycles. The number of amides is 2. The van der Waals surface area contributed by atoms with Crippen LogP contribution in [0.25, 0.3) is 0 Å². The van der Waals surface area contributed by atoms with E-state index in [0.717, 1.165) is 17.5 Å². The van der Waals surface area contributed by atoms with Crippen LogP contribution in [0.2, 0.25) is 0 Å². The van der Waals surface area contributed by atoms with Crippen molar-refractivity contribution in [2.45, 2.75) is 39.0 Å². The van der Waals surface area contributed by atoms with Gasteiger partial charge in [-0.05, 0) is 49.2 Å². The van der Waals surface area contributed by atoms with E-state index in [2.05, 4.69) is 12.2 Å². The zero-order valence-electron chi connectivity index (χ0n) is 20.4.